The molecule has 0 fully saturated rings. The Bertz CT molecular complexity index is 688. The largest absolute Gasteiger partial charge is 0.341 e. The third-order valence-corrected chi connectivity index (χ3v) is 3.46. The molecule has 1 heterocycles. The van der Waals surface area contributed by atoms with Crippen molar-refractivity contribution in [1.82, 2.24) is 10.3 Å². The second-order valence-electron chi connectivity index (χ2n) is 4.97. The van der Waals surface area contributed by atoms with Crippen LogP contribution in [0.4, 0.5) is 0 Å². The third-order valence-electron chi connectivity index (χ3n) is 3.46. The minimum atomic E-state index is -0.220. The molecule has 0 radical (unpaired) electrons. The zero-order valence-electron chi connectivity index (χ0n) is 12.0. The highest BCUT2D eigenvalue weighted by molar-refractivity contribution is 5.94. The van der Waals surface area contributed by atoms with Gasteiger partial charge in [0.2, 0.25) is 0 Å². The number of hydrogen-bond acceptors (Lipinski definition) is 2. The lowest BCUT2D eigenvalue weighted by Gasteiger charge is -2.19. The predicted molar refractivity (Wildman–Crippen MR) is 86.4 cm³/mol. The van der Waals surface area contributed by atoms with Crippen LogP contribution in [0.5, 0.6) is 0 Å². The number of carbonyl (C=O) groups is 1. The first-order valence-corrected chi connectivity index (χ1v) is 7.15. The van der Waals surface area contributed by atoms with Crippen molar-refractivity contribution in [3.8, 4) is 0 Å². The van der Waals surface area contributed by atoms with Gasteiger partial charge in [0, 0.05) is 18.0 Å². The van der Waals surface area contributed by atoms with E-state index < -0.39 is 0 Å². The molecule has 1 amide bonds. The van der Waals surface area contributed by atoms with Gasteiger partial charge in [0.1, 0.15) is 0 Å². The van der Waals surface area contributed by atoms with Crippen LogP contribution in [0.15, 0.2) is 85.2 Å². The van der Waals surface area contributed by atoms with E-state index in [9.17, 15) is 4.79 Å². The van der Waals surface area contributed by atoms with Crippen LogP contribution in [0.1, 0.15) is 27.5 Å². The Balaban J connectivity index is 1.91. The van der Waals surface area contributed by atoms with Crippen molar-refractivity contribution in [1.29, 1.82) is 0 Å². The molecule has 0 spiro atoms. The van der Waals surface area contributed by atoms with E-state index in [0.717, 1.165) is 11.1 Å². The lowest BCUT2D eigenvalue weighted by molar-refractivity contribution is 0.0943. The number of pyridine rings is 1. The van der Waals surface area contributed by atoms with Crippen LogP contribution in [-0.2, 0) is 0 Å². The molecule has 3 rings (SSSR count). The van der Waals surface area contributed by atoms with E-state index >= 15 is 0 Å². The van der Waals surface area contributed by atoms with Crippen LogP contribution in [-0.4, -0.2) is 10.9 Å². The summed E-state index contributed by atoms with van der Waals surface area (Å²) in [6, 6.07) is 22.7. The summed E-state index contributed by atoms with van der Waals surface area (Å²) in [7, 11) is 0. The highest BCUT2D eigenvalue weighted by Crippen LogP contribution is 2.21. The van der Waals surface area contributed by atoms with E-state index in [2.05, 4.69) is 10.3 Å². The standard InChI is InChI=1S/C19H16N2O/c22-19(16-10-5-2-6-11-16)21-18(15-8-3-1-4-9-15)17-12-7-13-20-14-17/h1-14,18H,(H,21,22)/t18-/m0/s1. The molecule has 0 saturated heterocycles. The lowest BCUT2D eigenvalue weighted by atomic mass is 10.00. The Kier molecular flexibility index (Phi) is 4.25. The molecule has 0 aliphatic carbocycles. The van der Waals surface area contributed by atoms with Gasteiger partial charge in [0.15, 0.2) is 0 Å². The van der Waals surface area contributed by atoms with Crippen LogP contribution >= 0.6 is 0 Å². The van der Waals surface area contributed by atoms with Gasteiger partial charge in [-0.25, -0.2) is 0 Å². The summed E-state index contributed by atoms with van der Waals surface area (Å²) in [4.78, 5) is 16.6. The summed E-state index contributed by atoms with van der Waals surface area (Å²) in [6.07, 6.45) is 3.51. The fraction of sp³-hybridized carbons (Fsp3) is 0.0526. The maximum absolute atomic E-state index is 12.5. The molecule has 0 unspecified atom stereocenters. The number of amides is 1. The number of carbonyl (C=O) groups excluding carboxylic acids is 1. The van der Waals surface area contributed by atoms with Crippen molar-refractivity contribution in [3.63, 3.8) is 0 Å². The van der Waals surface area contributed by atoms with Crippen molar-refractivity contribution >= 4 is 5.91 Å². The number of hydrogen-bond donors (Lipinski definition) is 1. The van der Waals surface area contributed by atoms with Crippen LogP contribution in [0.2, 0.25) is 0 Å². The van der Waals surface area contributed by atoms with Crippen molar-refractivity contribution in [3.05, 3.63) is 102 Å². The van der Waals surface area contributed by atoms with Gasteiger partial charge in [-0.05, 0) is 29.3 Å². The van der Waals surface area contributed by atoms with Crippen molar-refractivity contribution in [2.45, 2.75) is 6.04 Å². The fourth-order valence-electron chi connectivity index (χ4n) is 2.36. The first kappa shape index (κ1) is 14.0. The van der Waals surface area contributed by atoms with Gasteiger partial charge in [-0.2, -0.15) is 0 Å². The van der Waals surface area contributed by atoms with E-state index in [1.807, 2.05) is 60.7 Å². The molecule has 0 aliphatic heterocycles. The highest BCUT2D eigenvalue weighted by Gasteiger charge is 2.17. The number of benzene rings is 2. The molecule has 2 aromatic carbocycles. The van der Waals surface area contributed by atoms with Gasteiger partial charge < -0.3 is 5.32 Å². The summed E-state index contributed by atoms with van der Waals surface area (Å²) in [6.45, 7) is 0. The molecule has 1 N–H and O–H groups in total. The van der Waals surface area contributed by atoms with Crippen molar-refractivity contribution in [2.24, 2.45) is 0 Å². The number of nitrogens with one attached hydrogen (secondary N) is 1. The Morgan fingerprint density at radius 1 is 0.818 bits per heavy atom. The summed E-state index contributed by atoms with van der Waals surface area (Å²) < 4.78 is 0. The van der Waals surface area contributed by atoms with E-state index in [0.29, 0.717) is 5.56 Å². The number of rotatable bonds is 4. The molecule has 0 aliphatic rings. The molecule has 0 saturated carbocycles. The first-order chi connectivity index (χ1) is 10.8. The summed E-state index contributed by atoms with van der Waals surface area (Å²) in [5.41, 5.74) is 2.63. The topological polar surface area (TPSA) is 42.0 Å². The van der Waals surface area contributed by atoms with Crippen LogP contribution in [0.3, 0.4) is 0 Å². The summed E-state index contributed by atoms with van der Waals surface area (Å²) in [5, 5.41) is 3.09. The Labute approximate surface area is 129 Å². The first-order valence-electron chi connectivity index (χ1n) is 7.15. The molecule has 0 bridgehead atoms. The van der Waals surface area contributed by atoms with Crippen LogP contribution < -0.4 is 5.32 Å². The average Bonchev–Trinajstić information content (AvgIpc) is 2.62. The maximum Gasteiger partial charge on any atom is 0.252 e. The van der Waals surface area contributed by atoms with Crippen molar-refractivity contribution < 1.29 is 4.79 Å². The molecule has 3 heteroatoms. The minimum absolute atomic E-state index is 0.0988. The normalized spacial score (nSPS) is 11.6. The quantitative estimate of drug-likeness (QED) is 0.797. The zero-order valence-corrected chi connectivity index (χ0v) is 12.0. The molecule has 1 aromatic heterocycles. The summed E-state index contributed by atoms with van der Waals surface area (Å²) >= 11 is 0. The Hall–Kier alpha value is -2.94. The number of aromatic nitrogens is 1. The van der Waals surface area contributed by atoms with E-state index in [4.69, 9.17) is 0 Å². The Morgan fingerprint density at radius 3 is 2.09 bits per heavy atom. The predicted octanol–water partition coefficient (Wildman–Crippen LogP) is 3.60. The van der Waals surface area contributed by atoms with Gasteiger partial charge in [-0.3, -0.25) is 9.78 Å². The van der Waals surface area contributed by atoms with E-state index in [-0.39, 0.29) is 11.9 Å². The smallest absolute Gasteiger partial charge is 0.252 e. The van der Waals surface area contributed by atoms with Gasteiger partial charge in [-0.15, -0.1) is 0 Å². The highest BCUT2D eigenvalue weighted by atomic mass is 16.1. The third kappa shape index (κ3) is 3.20. The summed E-state index contributed by atoms with van der Waals surface area (Å²) in [5.74, 6) is -0.0988. The molecule has 108 valence electrons. The van der Waals surface area contributed by atoms with Gasteiger partial charge in [0.05, 0.1) is 6.04 Å². The van der Waals surface area contributed by atoms with Crippen molar-refractivity contribution in [2.75, 3.05) is 0 Å². The Morgan fingerprint density at radius 2 is 1.45 bits per heavy atom. The monoisotopic (exact) mass is 288 g/mol. The van der Waals surface area contributed by atoms with E-state index in [1.165, 1.54) is 0 Å². The molecular formula is C19H16N2O. The molecule has 22 heavy (non-hydrogen) atoms. The molecular weight excluding hydrogens is 272 g/mol. The maximum atomic E-state index is 12.5. The fourth-order valence-corrected chi connectivity index (χ4v) is 2.36. The lowest BCUT2D eigenvalue weighted by Crippen LogP contribution is -2.29. The second-order valence-corrected chi connectivity index (χ2v) is 4.97. The second kappa shape index (κ2) is 6.68. The molecule has 1 atom stereocenters. The molecule has 3 aromatic rings. The number of nitrogens with zero attached hydrogens (tertiary/aromatic N) is 1. The molecule has 3 nitrogen and oxygen atoms in total. The van der Waals surface area contributed by atoms with E-state index in [1.54, 1.807) is 24.5 Å². The SMILES string of the molecule is O=C(N[C@@H](c1ccccc1)c1cccnc1)c1ccccc1. The van der Waals surface area contributed by atoms with Gasteiger partial charge >= 0.3 is 0 Å². The zero-order chi connectivity index (χ0) is 15.2. The van der Waals surface area contributed by atoms with Crippen LogP contribution in [0.25, 0.3) is 0 Å². The minimum Gasteiger partial charge on any atom is -0.341 e. The van der Waals surface area contributed by atoms with Gasteiger partial charge in [-0.1, -0.05) is 54.6 Å². The van der Waals surface area contributed by atoms with Gasteiger partial charge in [0.25, 0.3) is 5.91 Å². The average molecular weight is 288 g/mol. The van der Waals surface area contributed by atoms with Crippen LogP contribution in [0, 0.1) is 0 Å².